The van der Waals surface area contributed by atoms with Crippen molar-refractivity contribution in [2.24, 2.45) is 5.92 Å². The van der Waals surface area contributed by atoms with Crippen molar-refractivity contribution in [3.05, 3.63) is 65.7 Å². The first kappa shape index (κ1) is 27.4. The van der Waals surface area contributed by atoms with Gasteiger partial charge in [0.15, 0.2) is 0 Å². The van der Waals surface area contributed by atoms with Crippen LogP contribution in [0, 0.1) is 5.92 Å². The zero-order chi connectivity index (χ0) is 25.1. The zero-order valence-corrected chi connectivity index (χ0v) is 21.6. The van der Waals surface area contributed by atoms with Gasteiger partial charge in [0.1, 0.15) is 18.4 Å². The molecule has 0 fully saturated rings. The molecule has 0 saturated carbocycles. The quantitative estimate of drug-likeness (QED) is 0.491. The van der Waals surface area contributed by atoms with Crippen LogP contribution in [0.1, 0.15) is 52.2 Å². The second kappa shape index (κ2) is 13.1. The second-order valence-electron chi connectivity index (χ2n) is 10.4. The van der Waals surface area contributed by atoms with Crippen molar-refractivity contribution in [3.8, 4) is 5.75 Å². The molecule has 0 radical (unpaired) electrons. The Hall–Kier alpha value is -2.86. The van der Waals surface area contributed by atoms with Crippen LogP contribution < -0.4 is 15.4 Å². The molecular weight excluding hydrogens is 426 g/mol. The van der Waals surface area contributed by atoms with Crippen molar-refractivity contribution in [1.82, 2.24) is 15.5 Å². The van der Waals surface area contributed by atoms with Crippen LogP contribution in [0.3, 0.4) is 0 Å². The minimum Gasteiger partial charge on any atom is -0.489 e. The molecule has 2 rings (SSSR count). The predicted octanol–water partition coefficient (Wildman–Crippen LogP) is 4.19. The first-order valence-electron chi connectivity index (χ1n) is 12.1. The normalized spacial score (nSPS) is 12.5. The van der Waals surface area contributed by atoms with Crippen molar-refractivity contribution in [3.63, 3.8) is 0 Å². The summed E-state index contributed by atoms with van der Waals surface area (Å²) in [6.45, 7) is 11.7. The minimum atomic E-state index is -0.652. The molecule has 186 valence electrons. The molecule has 0 aliphatic heterocycles. The molecule has 2 aromatic rings. The van der Waals surface area contributed by atoms with Crippen LogP contribution >= 0.6 is 0 Å². The summed E-state index contributed by atoms with van der Waals surface area (Å²) in [4.78, 5) is 27.6. The van der Waals surface area contributed by atoms with E-state index >= 15 is 0 Å². The van der Waals surface area contributed by atoms with Crippen LogP contribution in [0.4, 0.5) is 0 Å². The van der Waals surface area contributed by atoms with Gasteiger partial charge in [0.05, 0.1) is 6.54 Å². The molecule has 0 aliphatic rings. The average Bonchev–Trinajstić information content (AvgIpc) is 2.76. The van der Waals surface area contributed by atoms with Crippen LogP contribution in [0.2, 0.25) is 0 Å². The maximum atomic E-state index is 13.0. The van der Waals surface area contributed by atoms with Gasteiger partial charge in [-0.3, -0.25) is 14.5 Å². The van der Waals surface area contributed by atoms with E-state index in [1.807, 2.05) is 87.3 Å². The highest BCUT2D eigenvalue weighted by atomic mass is 16.5. The summed E-state index contributed by atoms with van der Waals surface area (Å²) in [5.41, 5.74) is 1.67. The van der Waals surface area contributed by atoms with Gasteiger partial charge in [-0.25, -0.2) is 0 Å². The largest absolute Gasteiger partial charge is 0.489 e. The van der Waals surface area contributed by atoms with Crippen LogP contribution in [0.15, 0.2) is 54.6 Å². The van der Waals surface area contributed by atoms with E-state index < -0.39 is 6.04 Å². The van der Waals surface area contributed by atoms with Crippen molar-refractivity contribution >= 4 is 11.8 Å². The number of carbonyl (C=O) groups is 2. The summed E-state index contributed by atoms with van der Waals surface area (Å²) in [6, 6.07) is 17.0. The molecule has 34 heavy (non-hydrogen) atoms. The Morgan fingerprint density at radius 1 is 0.971 bits per heavy atom. The minimum absolute atomic E-state index is 0.150. The van der Waals surface area contributed by atoms with Gasteiger partial charge in [0.2, 0.25) is 11.8 Å². The SMILES string of the molecule is CC(C)CCN(C)CC(=O)NC(Cc1ccc(OCc2ccccc2)cc1)C(=O)NC(C)(C)C. The maximum absolute atomic E-state index is 13.0. The van der Waals surface area contributed by atoms with Crippen LogP contribution in [-0.2, 0) is 22.6 Å². The van der Waals surface area contributed by atoms with E-state index in [-0.39, 0.29) is 23.9 Å². The fourth-order valence-electron chi connectivity index (χ4n) is 3.41. The number of ether oxygens (including phenoxy) is 1. The van der Waals surface area contributed by atoms with Gasteiger partial charge in [0.25, 0.3) is 0 Å². The zero-order valence-electron chi connectivity index (χ0n) is 21.6. The number of nitrogens with one attached hydrogen (secondary N) is 2. The van der Waals surface area contributed by atoms with Crippen LogP contribution in [0.25, 0.3) is 0 Å². The first-order chi connectivity index (χ1) is 16.0. The lowest BCUT2D eigenvalue weighted by atomic mass is 10.0. The molecule has 1 atom stereocenters. The molecule has 2 amide bonds. The third-order valence-corrected chi connectivity index (χ3v) is 5.26. The molecule has 1 unspecified atom stereocenters. The van der Waals surface area contributed by atoms with Gasteiger partial charge in [-0.2, -0.15) is 0 Å². The molecule has 6 nitrogen and oxygen atoms in total. The summed E-state index contributed by atoms with van der Waals surface area (Å²) in [6.07, 6.45) is 1.43. The van der Waals surface area contributed by atoms with Gasteiger partial charge in [-0.05, 0) is 70.0 Å². The van der Waals surface area contributed by atoms with E-state index in [0.717, 1.165) is 29.8 Å². The Labute approximate surface area is 205 Å². The van der Waals surface area contributed by atoms with Gasteiger partial charge < -0.3 is 15.4 Å². The Bertz CT molecular complexity index is 889. The Kier molecular flexibility index (Phi) is 10.6. The van der Waals surface area contributed by atoms with Gasteiger partial charge >= 0.3 is 0 Å². The topological polar surface area (TPSA) is 70.7 Å². The first-order valence-corrected chi connectivity index (χ1v) is 12.1. The average molecular weight is 468 g/mol. The summed E-state index contributed by atoms with van der Waals surface area (Å²) in [5.74, 6) is 1.01. The highest BCUT2D eigenvalue weighted by Gasteiger charge is 2.25. The molecule has 2 aromatic carbocycles. The number of carbonyl (C=O) groups excluding carboxylic acids is 2. The number of hydrogen-bond donors (Lipinski definition) is 2. The maximum Gasteiger partial charge on any atom is 0.243 e. The smallest absolute Gasteiger partial charge is 0.243 e. The highest BCUT2D eigenvalue weighted by molar-refractivity contribution is 5.88. The number of rotatable bonds is 12. The summed E-state index contributed by atoms with van der Waals surface area (Å²) in [7, 11) is 1.93. The Morgan fingerprint density at radius 3 is 2.21 bits per heavy atom. The lowest BCUT2D eigenvalue weighted by Crippen LogP contribution is -2.54. The van der Waals surface area contributed by atoms with Crippen molar-refractivity contribution in [1.29, 1.82) is 0 Å². The molecule has 6 heteroatoms. The summed E-state index contributed by atoms with van der Waals surface area (Å²) < 4.78 is 5.86. The predicted molar refractivity (Wildman–Crippen MR) is 138 cm³/mol. The molecule has 0 saturated heterocycles. The van der Waals surface area contributed by atoms with Crippen molar-refractivity contribution in [2.75, 3.05) is 20.1 Å². The number of benzene rings is 2. The molecular formula is C28H41N3O3. The summed E-state index contributed by atoms with van der Waals surface area (Å²) in [5, 5.41) is 5.94. The second-order valence-corrected chi connectivity index (χ2v) is 10.4. The molecule has 0 aliphatic carbocycles. The van der Waals surface area contributed by atoms with E-state index in [0.29, 0.717) is 18.9 Å². The van der Waals surface area contributed by atoms with Gasteiger partial charge in [-0.1, -0.05) is 56.3 Å². The molecule has 2 N–H and O–H groups in total. The lowest BCUT2D eigenvalue weighted by molar-refractivity contribution is -0.130. The highest BCUT2D eigenvalue weighted by Crippen LogP contribution is 2.16. The number of likely N-dealkylation sites (N-methyl/N-ethyl adjacent to an activating group) is 1. The fraction of sp³-hybridized carbons (Fsp3) is 0.500. The van der Waals surface area contributed by atoms with E-state index in [2.05, 4.69) is 24.5 Å². The van der Waals surface area contributed by atoms with Crippen LogP contribution in [-0.4, -0.2) is 48.4 Å². The lowest BCUT2D eigenvalue weighted by Gasteiger charge is -2.26. The monoisotopic (exact) mass is 467 g/mol. The summed E-state index contributed by atoms with van der Waals surface area (Å²) >= 11 is 0. The van der Waals surface area contributed by atoms with E-state index in [1.54, 1.807) is 0 Å². The van der Waals surface area contributed by atoms with E-state index in [4.69, 9.17) is 4.74 Å². The Balaban J connectivity index is 2.00. The standard InChI is InChI=1S/C28H41N3O3/c1-21(2)16-17-31(6)19-26(32)29-25(27(33)30-28(3,4)5)18-22-12-14-24(15-13-22)34-20-23-10-8-7-9-11-23/h7-15,21,25H,16-20H2,1-6H3,(H,29,32)(H,30,33). The van der Waals surface area contributed by atoms with Gasteiger partial charge in [-0.15, -0.1) is 0 Å². The molecule has 0 spiro atoms. The Morgan fingerprint density at radius 2 is 1.62 bits per heavy atom. The van der Waals surface area contributed by atoms with Crippen molar-refractivity contribution < 1.29 is 14.3 Å². The third-order valence-electron chi connectivity index (χ3n) is 5.26. The number of amides is 2. The van der Waals surface area contributed by atoms with Crippen LogP contribution in [0.5, 0.6) is 5.75 Å². The molecule has 0 bridgehead atoms. The fourth-order valence-corrected chi connectivity index (χ4v) is 3.41. The molecule has 0 aromatic heterocycles. The van der Waals surface area contributed by atoms with Gasteiger partial charge in [0, 0.05) is 12.0 Å². The number of nitrogens with zero attached hydrogens (tertiary/aromatic N) is 1. The van der Waals surface area contributed by atoms with E-state index in [9.17, 15) is 9.59 Å². The third kappa shape index (κ3) is 10.8. The van der Waals surface area contributed by atoms with Crippen molar-refractivity contribution in [2.45, 2.75) is 65.6 Å². The van der Waals surface area contributed by atoms with E-state index in [1.165, 1.54) is 0 Å². The number of hydrogen-bond acceptors (Lipinski definition) is 4. The molecule has 0 heterocycles.